The van der Waals surface area contributed by atoms with Crippen molar-refractivity contribution < 1.29 is 32.6 Å². The van der Waals surface area contributed by atoms with E-state index < -0.39 is 54.4 Å². The number of halogens is 1. The van der Waals surface area contributed by atoms with Gasteiger partial charge in [0, 0.05) is 0 Å². The number of hydrogen-bond donors (Lipinski definition) is 1. The highest BCUT2D eigenvalue weighted by Gasteiger charge is 2.41. The Hall–Kier alpha value is -2.71. The largest absolute Gasteiger partial charge is 0.478 e. The topological polar surface area (TPSA) is 115 Å². The molecule has 2 aromatic rings. The predicted octanol–water partition coefficient (Wildman–Crippen LogP) is 2.18. The second-order valence-electron chi connectivity index (χ2n) is 4.78. The summed E-state index contributed by atoms with van der Waals surface area (Å²) >= 11 is 5.85. The Morgan fingerprint density at radius 1 is 1.04 bits per heavy atom. The number of aromatic carboxylic acids is 1. The Morgan fingerprint density at radius 3 is 2.21 bits per heavy atom. The van der Waals surface area contributed by atoms with Crippen LogP contribution in [0.25, 0.3) is 0 Å². The molecule has 24 heavy (non-hydrogen) atoms. The molecule has 1 aliphatic rings. The average Bonchev–Trinajstić information content (AvgIpc) is 2.82. The molecular formula is C15H7ClO7S. The van der Waals surface area contributed by atoms with Gasteiger partial charge in [0.15, 0.2) is 0 Å². The molecule has 0 spiro atoms. The van der Waals surface area contributed by atoms with Crippen molar-refractivity contribution in [2.24, 2.45) is 0 Å². The number of sulfone groups is 1. The van der Waals surface area contributed by atoms with Crippen LogP contribution in [0.5, 0.6) is 0 Å². The summed E-state index contributed by atoms with van der Waals surface area (Å²) in [5.41, 5.74) is -1.95. The summed E-state index contributed by atoms with van der Waals surface area (Å²) in [7, 11) is -4.22. The minimum absolute atomic E-state index is 0.140. The summed E-state index contributed by atoms with van der Waals surface area (Å²) < 4.78 is 29.9. The maximum atomic E-state index is 12.8. The number of carbonyl (C=O) groups excluding carboxylic acids is 2. The third-order valence-corrected chi connectivity index (χ3v) is 5.49. The van der Waals surface area contributed by atoms with Crippen molar-refractivity contribution in [1.82, 2.24) is 0 Å². The lowest BCUT2D eigenvalue weighted by molar-refractivity contribution is 0.0438. The van der Waals surface area contributed by atoms with Crippen LogP contribution >= 0.6 is 11.6 Å². The van der Waals surface area contributed by atoms with Gasteiger partial charge in [-0.25, -0.2) is 22.8 Å². The highest BCUT2D eigenvalue weighted by molar-refractivity contribution is 7.91. The normalized spacial score (nSPS) is 13.5. The maximum Gasteiger partial charge on any atom is 0.348 e. The van der Waals surface area contributed by atoms with Gasteiger partial charge in [0.25, 0.3) is 0 Å². The first-order valence-corrected chi connectivity index (χ1v) is 8.27. The molecule has 0 saturated carbocycles. The first-order valence-electron chi connectivity index (χ1n) is 6.41. The van der Waals surface area contributed by atoms with E-state index in [0.29, 0.717) is 0 Å². The molecule has 0 saturated heterocycles. The minimum Gasteiger partial charge on any atom is -0.478 e. The fourth-order valence-corrected chi connectivity index (χ4v) is 4.21. The van der Waals surface area contributed by atoms with Gasteiger partial charge in [0.2, 0.25) is 9.84 Å². The van der Waals surface area contributed by atoms with Gasteiger partial charge in [0.05, 0.1) is 31.5 Å². The van der Waals surface area contributed by atoms with E-state index in [0.717, 1.165) is 6.07 Å². The molecule has 2 aromatic carbocycles. The number of carbonyl (C=O) groups is 3. The van der Waals surface area contributed by atoms with Crippen LogP contribution in [0.4, 0.5) is 0 Å². The van der Waals surface area contributed by atoms with Gasteiger partial charge in [-0.05, 0) is 18.2 Å². The van der Waals surface area contributed by atoms with Crippen LogP contribution in [-0.2, 0) is 14.6 Å². The summed E-state index contributed by atoms with van der Waals surface area (Å²) in [5.74, 6) is -4.06. The zero-order valence-electron chi connectivity index (χ0n) is 11.6. The third kappa shape index (κ3) is 2.27. The fourth-order valence-electron chi connectivity index (χ4n) is 2.37. The van der Waals surface area contributed by atoms with Crippen LogP contribution < -0.4 is 0 Å². The zero-order chi connectivity index (χ0) is 17.6. The predicted molar refractivity (Wildman–Crippen MR) is 80.1 cm³/mol. The van der Waals surface area contributed by atoms with Crippen LogP contribution in [0.1, 0.15) is 31.1 Å². The maximum absolute atomic E-state index is 12.8. The van der Waals surface area contributed by atoms with Gasteiger partial charge >= 0.3 is 17.9 Å². The number of ether oxygens (including phenoxy) is 1. The second kappa shape index (κ2) is 5.43. The molecule has 0 atom stereocenters. The summed E-state index contributed by atoms with van der Waals surface area (Å²) in [4.78, 5) is 34.3. The third-order valence-electron chi connectivity index (χ3n) is 3.39. The minimum atomic E-state index is -4.22. The number of benzene rings is 2. The van der Waals surface area contributed by atoms with Crippen molar-refractivity contribution in [3.63, 3.8) is 0 Å². The lowest BCUT2D eigenvalue weighted by Gasteiger charge is -2.10. The molecular weight excluding hydrogens is 360 g/mol. The lowest BCUT2D eigenvalue weighted by Crippen LogP contribution is -2.13. The van der Waals surface area contributed by atoms with E-state index in [-0.39, 0.29) is 4.90 Å². The van der Waals surface area contributed by atoms with Gasteiger partial charge in [-0.2, -0.15) is 0 Å². The molecule has 0 bridgehead atoms. The van der Waals surface area contributed by atoms with Crippen LogP contribution in [0.3, 0.4) is 0 Å². The number of hydrogen-bond acceptors (Lipinski definition) is 6. The van der Waals surface area contributed by atoms with E-state index in [1.165, 1.54) is 24.3 Å². The molecule has 7 nitrogen and oxygen atoms in total. The number of carboxylic acid groups (broad SMARTS) is 1. The van der Waals surface area contributed by atoms with Crippen LogP contribution in [0, 0.1) is 0 Å². The van der Waals surface area contributed by atoms with E-state index in [2.05, 4.69) is 4.74 Å². The van der Waals surface area contributed by atoms with E-state index in [1.54, 1.807) is 6.07 Å². The van der Waals surface area contributed by atoms with Gasteiger partial charge in [0.1, 0.15) is 0 Å². The van der Waals surface area contributed by atoms with E-state index in [4.69, 9.17) is 11.6 Å². The summed E-state index contributed by atoms with van der Waals surface area (Å²) in [6, 6.07) is 7.98. The average molecular weight is 367 g/mol. The quantitative estimate of drug-likeness (QED) is 0.653. The number of cyclic esters (lactones) is 2. The first-order chi connectivity index (χ1) is 11.2. The number of esters is 2. The zero-order valence-corrected chi connectivity index (χ0v) is 13.2. The van der Waals surface area contributed by atoms with E-state index >= 15 is 0 Å². The molecule has 122 valence electrons. The molecule has 0 unspecified atom stereocenters. The molecule has 0 aromatic heterocycles. The van der Waals surface area contributed by atoms with Crippen LogP contribution in [0.15, 0.2) is 46.2 Å². The number of fused-ring (bicyclic) bond motifs is 1. The molecule has 3 rings (SSSR count). The van der Waals surface area contributed by atoms with Crippen molar-refractivity contribution in [1.29, 1.82) is 0 Å². The lowest BCUT2D eigenvalue weighted by atomic mass is 10.0. The molecule has 0 aliphatic carbocycles. The van der Waals surface area contributed by atoms with Gasteiger partial charge in [-0.1, -0.05) is 29.8 Å². The summed E-state index contributed by atoms with van der Waals surface area (Å²) in [6.07, 6.45) is 0. The van der Waals surface area contributed by atoms with Crippen LogP contribution in [0.2, 0.25) is 5.02 Å². The summed E-state index contributed by atoms with van der Waals surface area (Å²) in [6.45, 7) is 0. The van der Waals surface area contributed by atoms with Gasteiger partial charge in [-0.15, -0.1) is 0 Å². The van der Waals surface area contributed by atoms with Crippen molar-refractivity contribution in [3.8, 4) is 0 Å². The van der Waals surface area contributed by atoms with Crippen molar-refractivity contribution in [2.75, 3.05) is 0 Å². The molecule has 0 fully saturated rings. The SMILES string of the molecule is O=C(O)c1c(Cl)cc(S(=O)(=O)c2ccccc2)c2c1C(=O)OC2=O. The highest BCUT2D eigenvalue weighted by Crippen LogP contribution is 2.37. The summed E-state index contributed by atoms with van der Waals surface area (Å²) in [5, 5.41) is 8.71. The first kappa shape index (κ1) is 16.2. The Bertz CT molecular complexity index is 1010. The fraction of sp³-hybridized carbons (Fsp3) is 0. The molecule has 0 amide bonds. The molecule has 1 N–H and O–H groups in total. The Labute approximate surface area is 140 Å². The number of rotatable bonds is 3. The van der Waals surface area contributed by atoms with Gasteiger partial charge in [-0.3, -0.25) is 0 Å². The monoisotopic (exact) mass is 366 g/mol. The Balaban J connectivity index is 2.41. The van der Waals surface area contributed by atoms with Crippen molar-refractivity contribution in [2.45, 2.75) is 9.79 Å². The molecule has 1 heterocycles. The van der Waals surface area contributed by atoms with Gasteiger partial charge < -0.3 is 9.84 Å². The molecule has 0 radical (unpaired) electrons. The smallest absolute Gasteiger partial charge is 0.348 e. The molecule has 9 heteroatoms. The van der Waals surface area contributed by atoms with Crippen molar-refractivity contribution >= 4 is 39.3 Å². The Morgan fingerprint density at radius 2 is 1.62 bits per heavy atom. The van der Waals surface area contributed by atoms with E-state index in [9.17, 15) is 27.9 Å². The van der Waals surface area contributed by atoms with Crippen LogP contribution in [-0.4, -0.2) is 31.4 Å². The Kier molecular flexibility index (Phi) is 3.66. The molecule has 1 aliphatic heterocycles. The van der Waals surface area contributed by atoms with E-state index in [1.807, 2.05) is 0 Å². The van der Waals surface area contributed by atoms with Crippen molar-refractivity contribution in [3.05, 3.63) is 58.1 Å². The standard InChI is InChI=1S/C15H7ClO7S/c16-8-6-9(24(21,22)7-4-2-1-3-5-7)11-12(10(8)13(17)18)15(20)23-14(11)19/h1-6H,(H,17,18). The highest BCUT2D eigenvalue weighted by atomic mass is 35.5. The number of carboxylic acids is 1. The second-order valence-corrected chi connectivity index (χ2v) is 7.11.